The van der Waals surface area contributed by atoms with Gasteiger partial charge in [0.25, 0.3) is 0 Å². The molecule has 0 saturated heterocycles. The summed E-state index contributed by atoms with van der Waals surface area (Å²) in [7, 11) is 0. The summed E-state index contributed by atoms with van der Waals surface area (Å²) in [6.45, 7) is 6.12. The number of aryl methyl sites for hydroxylation is 2. The minimum absolute atomic E-state index is 0.179. The average molecular weight is 359 g/mol. The Hall–Kier alpha value is -2.47. The lowest BCUT2D eigenvalue weighted by molar-refractivity contribution is -0.113. The van der Waals surface area contributed by atoms with E-state index in [1.807, 2.05) is 38.1 Å². The highest BCUT2D eigenvalue weighted by atomic mass is 32.2. The number of benzene rings is 2. The van der Waals surface area contributed by atoms with Gasteiger partial charge >= 0.3 is 5.97 Å². The number of carboxylic acids is 1. The van der Waals surface area contributed by atoms with Crippen molar-refractivity contribution < 1.29 is 19.4 Å². The Bertz CT molecular complexity index is 772. The number of amides is 1. The number of carbonyl (C=O) groups is 2. The summed E-state index contributed by atoms with van der Waals surface area (Å²) in [5.41, 5.74) is 2.23. The van der Waals surface area contributed by atoms with Crippen molar-refractivity contribution in [3.05, 3.63) is 53.1 Å². The van der Waals surface area contributed by atoms with Crippen molar-refractivity contribution >= 4 is 29.3 Å². The van der Waals surface area contributed by atoms with E-state index in [9.17, 15) is 14.7 Å². The molecule has 2 aromatic rings. The lowest BCUT2D eigenvalue weighted by Crippen LogP contribution is -2.15. The molecule has 0 saturated carbocycles. The van der Waals surface area contributed by atoms with E-state index in [-0.39, 0.29) is 17.2 Å². The summed E-state index contributed by atoms with van der Waals surface area (Å²) < 4.78 is 5.38. The van der Waals surface area contributed by atoms with E-state index >= 15 is 0 Å². The second kappa shape index (κ2) is 8.58. The molecular formula is C19H21NO4S. The van der Waals surface area contributed by atoms with Gasteiger partial charge in [0.15, 0.2) is 0 Å². The smallest absolute Gasteiger partial charge is 0.336 e. The SMILES string of the molecule is CCOc1ccc(SCC(=O)Nc2cc(C(=O)O)c(C)cc2C)cc1. The maximum absolute atomic E-state index is 12.2. The molecule has 0 unspecified atom stereocenters. The molecule has 0 radical (unpaired) electrons. The number of carbonyl (C=O) groups excluding carboxylic acids is 1. The highest BCUT2D eigenvalue weighted by molar-refractivity contribution is 8.00. The van der Waals surface area contributed by atoms with Crippen molar-refractivity contribution in [1.29, 1.82) is 0 Å². The quantitative estimate of drug-likeness (QED) is 0.727. The second-order valence-corrected chi connectivity index (χ2v) is 6.58. The van der Waals surface area contributed by atoms with Gasteiger partial charge in [-0.3, -0.25) is 4.79 Å². The van der Waals surface area contributed by atoms with Crippen LogP contribution in [0.4, 0.5) is 5.69 Å². The summed E-state index contributed by atoms with van der Waals surface area (Å²) in [6.07, 6.45) is 0. The van der Waals surface area contributed by atoms with E-state index in [0.717, 1.165) is 16.2 Å². The number of carboxylic acid groups (broad SMARTS) is 1. The first-order valence-corrected chi connectivity index (χ1v) is 8.89. The van der Waals surface area contributed by atoms with E-state index in [0.29, 0.717) is 17.9 Å². The first-order chi connectivity index (χ1) is 11.9. The average Bonchev–Trinajstić information content (AvgIpc) is 2.56. The number of hydrogen-bond donors (Lipinski definition) is 2. The lowest BCUT2D eigenvalue weighted by Gasteiger charge is -2.11. The molecule has 0 aromatic heterocycles. The van der Waals surface area contributed by atoms with Gasteiger partial charge in [-0.15, -0.1) is 11.8 Å². The Morgan fingerprint density at radius 3 is 2.40 bits per heavy atom. The maximum atomic E-state index is 12.2. The van der Waals surface area contributed by atoms with Crippen LogP contribution in [0.15, 0.2) is 41.3 Å². The highest BCUT2D eigenvalue weighted by Gasteiger charge is 2.12. The molecule has 0 aliphatic rings. The van der Waals surface area contributed by atoms with E-state index in [4.69, 9.17) is 4.74 Å². The summed E-state index contributed by atoms with van der Waals surface area (Å²) in [6, 6.07) is 10.8. The van der Waals surface area contributed by atoms with Gasteiger partial charge in [-0.05, 0) is 62.2 Å². The fourth-order valence-electron chi connectivity index (χ4n) is 2.35. The fraction of sp³-hybridized carbons (Fsp3) is 0.263. The number of anilines is 1. The van der Waals surface area contributed by atoms with Crippen molar-refractivity contribution in [2.24, 2.45) is 0 Å². The normalized spacial score (nSPS) is 10.4. The predicted molar refractivity (Wildman–Crippen MR) is 99.8 cm³/mol. The molecule has 0 spiro atoms. The minimum Gasteiger partial charge on any atom is -0.494 e. The van der Waals surface area contributed by atoms with Crippen LogP contribution in [-0.4, -0.2) is 29.3 Å². The van der Waals surface area contributed by atoms with Crippen molar-refractivity contribution in [2.75, 3.05) is 17.7 Å². The molecule has 0 aliphatic carbocycles. The van der Waals surface area contributed by atoms with E-state index < -0.39 is 5.97 Å². The van der Waals surface area contributed by atoms with Crippen LogP contribution in [0.2, 0.25) is 0 Å². The zero-order chi connectivity index (χ0) is 18.4. The Morgan fingerprint density at radius 2 is 1.80 bits per heavy atom. The lowest BCUT2D eigenvalue weighted by atomic mass is 10.0. The molecule has 0 fully saturated rings. The van der Waals surface area contributed by atoms with Crippen molar-refractivity contribution in [3.63, 3.8) is 0 Å². The molecule has 2 rings (SSSR count). The molecule has 0 atom stereocenters. The van der Waals surface area contributed by atoms with Gasteiger partial charge in [0.05, 0.1) is 17.9 Å². The zero-order valence-corrected chi connectivity index (χ0v) is 15.3. The van der Waals surface area contributed by atoms with E-state index in [1.54, 1.807) is 13.0 Å². The van der Waals surface area contributed by atoms with Crippen LogP contribution < -0.4 is 10.1 Å². The molecule has 0 aliphatic heterocycles. The monoisotopic (exact) mass is 359 g/mol. The number of nitrogens with one attached hydrogen (secondary N) is 1. The van der Waals surface area contributed by atoms with Gasteiger partial charge in [-0.2, -0.15) is 0 Å². The Morgan fingerprint density at radius 1 is 1.12 bits per heavy atom. The van der Waals surface area contributed by atoms with Crippen LogP contribution in [0.25, 0.3) is 0 Å². The molecule has 1 amide bonds. The van der Waals surface area contributed by atoms with Gasteiger partial charge < -0.3 is 15.2 Å². The molecular weight excluding hydrogens is 338 g/mol. The Labute approximate surface area is 151 Å². The van der Waals surface area contributed by atoms with Gasteiger partial charge in [0.2, 0.25) is 5.91 Å². The van der Waals surface area contributed by atoms with Crippen molar-refractivity contribution in [3.8, 4) is 5.75 Å². The largest absolute Gasteiger partial charge is 0.494 e. The van der Waals surface area contributed by atoms with Crippen LogP contribution in [0.3, 0.4) is 0 Å². The van der Waals surface area contributed by atoms with Crippen LogP contribution in [0, 0.1) is 13.8 Å². The topological polar surface area (TPSA) is 75.6 Å². The number of ether oxygens (including phenoxy) is 1. The molecule has 5 nitrogen and oxygen atoms in total. The Kier molecular flexibility index (Phi) is 6.47. The third-order valence-corrected chi connectivity index (χ3v) is 4.59. The van der Waals surface area contributed by atoms with Gasteiger partial charge in [-0.25, -0.2) is 4.79 Å². The number of aromatic carboxylic acids is 1. The fourth-order valence-corrected chi connectivity index (χ4v) is 3.05. The molecule has 2 N–H and O–H groups in total. The number of hydrogen-bond acceptors (Lipinski definition) is 4. The zero-order valence-electron chi connectivity index (χ0n) is 14.5. The molecule has 6 heteroatoms. The molecule has 25 heavy (non-hydrogen) atoms. The van der Waals surface area contributed by atoms with Crippen molar-refractivity contribution in [1.82, 2.24) is 0 Å². The molecule has 0 heterocycles. The molecule has 2 aromatic carbocycles. The predicted octanol–water partition coefficient (Wildman–Crippen LogP) is 4.13. The first-order valence-electron chi connectivity index (χ1n) is 7.90. The van der Waals surface area contributed by atoms with E-state index in [2.05, 4.69) is 5.32 Å². The van der Waals surface area contributed by atoms with Crippen molar-refractivity contribution in [2.45, 2.75) is 25.7 Å². The van der Waals surface area contributed by atoms with Gasteiger partial charge in [0.1, 0.15) is 5.75 Å². The summed E-state index contributed by atoms with van der Waals surface area (Å²) in [5, 5.41) is 12.0. The number of rotatable bonds is 7. The van der Waals surface area contributed by atoms with Crippen LogP contribution in [-0.2, 0) is 4.79 Å². The second-order valence-electron chi connectivity index (χ2n) is 5.53. The third-order valence-electron chi connectivity index (χ3n) is 3.58. The summed E-state index contributed by atoms with van der Waals surface area (Å²) >= 11 is 1.41. The molecule has 132 valence electrons. The van der Waals surface area contributed by atoms with Crippen LogP contribution >= 0.6 is 11.8 Å². The number of thioether (sulfide) groups is 1. The standard InChI is InChI=1S/C19H21NO4S/c1-4-24-14-5-7-15(8-6-14)25-11-18(21)20-17-10-16(19(22)23)12(2)9-13(17)3/h5-10H,4,11H2,1-3H3,(H,20,21)(H,22,23). The minimum atomic E-state index is -1.00. The van der Waals surface area contributed by atoms with Gasteiger partial charge in [-0.1, -0.05) is 6.07 Å². The third kappa shape index (κ3) is 5.26. The molecule has 0 bridgehead atoms. The Balaban J connectivity index is 1.98. The summed E-state index contributed by atoms with van der Waals surface area (Å²) in [5.74, 6) is -0.143. The highest BCUT2D eigenvalue weighted by Crippen LogP contribution is 2.24. The first kappa shape index (κ1) is 18.9. The summed E-state index contributed by atoms with van der Waals surface area (Å²) in [4.78, 5) is 24.4. The van der Waals surface area contributed by atoms with E-state index in [1.165, 1.54) is 17.8 Å². The van der Waals surface area contributed by atoms with Crippen LogP contribution in [0.5, 0.6) is 5.75 Å². The maximum Gasteiger partial charge on any atom is 0.336 e. The van der Waals surface area contributed by atoms with Gasteiger partial charge in [0, 0.05) is 10.6 Å². The van der Waals surface area contributed by atoms with Crippen LogP contribution in [0.1, 0.15) is 28.4 Å².